The van der Waals surface area contributed by atoms with Gasteiger partial charge in [-0.3, -0.25) is 4.98 Å². The van der Waals surface area contributed by atoms with Crippen LogP contribution in [-0.2, 0) is 27.6 Å². The molecule has 2 aromatic rings. The van der Waals surface area contributed by atoms with Crippen LogP contribution in [0.4, 0.5) is 0 Å². The van der Waals surface area contributed by atoms with Crippen molar-refractivity contribution in [1.29, 1.82) is 0 Å². The van der Waals surface area contributed by atoms with E-state index in [0.29, 0.717) is 17.9 Å². The molecule has 1 aliphatic carbocycles. The highest BCUT2D eigenvalue weighted by Gasteiger charge is 2.26. The molecule has 0 radical (unpaired) electrons. The van der Waals surface area contributed by atoms with Crippen molar-refractivity contribution in [1.82, 2.24) is 10.1 Å². The van der Waals surface area contributed by atoms with E-state index in [1.54, 1.807) is 6.20 Å². The fourth-order valence-electron chi connectivity index (χ4n) is 2.18. The number of nitrogens with zero attached hydrogens (tertiary/aromatic N) is 2. The largest absolute Gasteiger partial charge is 0.356 e. The molecular formula is C11H9ClN2O3S. The lowest BCUT2D eigenvalue weighted by molar-refractivity contribution is 0.424. The molecule has 0 N–H and O–H groups in total. The quantitative estimate of drug-likeness (QED) is 0.788. The molecule has 2 heterocycles. The van der Waals surface area contributed by atoms with Gasteiger partial charge < -0.3 is 4.52 Å². The molecule has 0 fully saturated rings. The molecule has 0 saturated heterocycles. The van der Waals surface area contributed by atoms with Gasteiger partial charge in [0.25, 0.3) is 0 Å². The Balaban J connectivity index is 2.10. The van der Waals surface area contributed by atoms with E-state index < -0.39 is 9.05 Å². The van der Waals surface area contributed by atoms with Crippen LogP contribution in [-0.4, -0.2) is 18.6 Å². The van der Waals surface area contributed by atoms with E-state index in [9.17, 15) is 8.42 Å². The Morgan fingerprint density at radius 3 is 3.00 bits per heavy atom. The number of rotatable bonds is 2. The summed E-state index contributed by atoms with van der Waals surface area (Å²) in [5, 5.41) is 3.82. The third-order valence-electron chi connectivity index (χ3n) is 2.93. The maximum absolute atomic E-state index is 11.1. The first-order chi connectivity index (χ1) is 8.54. The molecule has 0 spiro atoms. The van der Waals surface area contributed by atoms with Gasteiger partial charge in [-0.15, -0.1) is 0 Å². The molecule has 1 aliphatic rings. The Morgan fingerprint density at radius 2 is 2.22 bits per heavy atom. The van der Waals surface area contributed by atoms with Gasteiger partial charge in [0.2, 0.25) is 9.05 Å². The van der Waals surface area contributed by atoms with Crippen LogP contribution in [0.2, 0.25) is 0 Å². The lowest BCUT2D eigenvalue weighted by Crippen LogP contribution is -2.07. The van der Waals surface area contributed by atoms with Crippen molar-refractivity contribution in [3.63, 3.8) is 0 Å². The van der Waals surface area contributed by atoms with Crippen LogP contribution < -0.4 is 0 Å². The second-order valence-electron chi connectivity index (χ2n) is 4.12. The lowest BCUT2D eigenvalue weighted by atomic mass is 9.93. The minimum atomic E-state index is -3.62. The number of halogens is 1. The van der Waals surface area contributed by atoms with E-state index >= 15 is 0 Å². The number of pyridine rings is 1. The molecule has 0 bridgehead atoms. The van der Waals surface area contributed by atoms with E-state index in [0.717, 1.165) is 23.2 Å². The van der Waals surface area contributed by atoms with Gasteiger partial charge in [-0.2, -0.15) is 0 Å². The van der Waals surface area contributed by atoms with E-state index in [4.69, 9.17) is 15.2 Å². The predicted octanol–water partition coefficient (Wildman–Crippen LogP) is 1.90. The van der Waals surface area contributed by atoms with E-state index in [1.807, 2.05) is 12.1 Å². The molecule has 94 valence electrons. The zero-order chi connectivity index (χ0) is 12.8. The number of hydrogen-bond acceptors (Lipinski definition) is 5. The Kier molecular flexibility index (Phi) is 2.64. The van der Waals surface area contributed by atoms with Crippen molar-refractivity contribution in [3.8, 4) is 11.3 Å². The molecule has 18 heavy (non-hydrogen) atoms. The first-order valence-electron chi connectivity index (χ1n) is 5.38. The second kappa shape index (κ2) is 4.07. The molecule has 5 nitrogen and oxygen atoms in total. The van der Waals surface area contributed by atoms with Gasteiger partial charge in [-0.1, -0.05) is 5.16 Å². The van der Waals surface area contributed by atoms with Crippen molar-refractivity contribution in [2.45, 2.75) is 18.6 Å². The van der Waals surface area contributed by atoms with Gasteiger partial charge >= 0.3 is 0 Å². The van der Waals surface area contributed by atoms with Crippen LogP contribution in [0.5, 0.6) is 0 Å². The van der Waals surface area contributed by atoms with Crippen LogP contribution in [0.1, 0.15) is 17.0 Å². The second-order valence-corrected chi connectivity index (χ2v) is 6.89. The Hall–Kier alpha value is -1.40. The summed E-state index contributed by atoms with van der Waals surface area (Å²) in [6.07, 6.45) is 3.15. The maximum Gasteiger partial charge on any atom is 0.238 e. The van der Waals surface area contributed by atoms with E-state index in [1.165, 1.54) is 0 Å². The van der Waals surface area contributed by atoms with Crippen molar-refractivity contribution < 1.29 is 12.9 Å². The van der Waals surface area contributed by atoms with Gasteiger partial charge in [0, 0.05) is 28.0 Å². The first-order valence-corrected chi connectivity index (χ1v) is 7.86. The summed E-state index contributed by atoms with van der Waals surface area (Å²) in [7, 11) is 1.62. The lowest BCUT2D eigenvalue weighted by Gasteiger charge is -2.12. The zero-order valence-electron chi connectivity index (χ0n) is 9.26. The summed E-state index contributed by atoms with van der Waals surface area (Å²) in [5.74, 6) is 0.308. The summed E-state index contributed by atoms with van der Waals surface area (Å²) in [5.41, 5.74) is 3.04. The zero-order valence-corrected chi connectivity index (χ0v) is 10.8. The minimum absolute atomic E-state index is 0.303. The standard InChI is InChI=1S/C11H9ClN2O3S/c12-18(15,16)6-10-8-3-4-9-7(2-1-5-13-9)11(8)17-14-10/h1-2,5H,3-4,6H2. The molecule has 3 rings (SSSR count). The fraction of sp³-hybridized carbons (Fsp3) is 0.273. The Bertz CT molecular complexity index is 709. The van der Waals surface area contributed by atoms with Crippen LogP contribution in [0.15, 0.2) is 22.9 Å². The van der Waals surface area contributed by atoms with E-state index in [2.05, 4.69) is 10.1 Å². The molecule has 0 saturated carbocycles. The number of hydrogen-bond donors (Lipinski definition) is 0. The van der Waals surface area contributed by atoms with Crippen molar-refractivity contribution in [2.24, 2.45) is 0 Å². The SMILES string of the molecule is O=S(=O)(Cl)Cc1noc2c1CCc1ncccc1-2. The molecule has 0 unspecified atom stereocenters. The van der Waals surface area contributed by atoms with Gasteiger partial charge in [-0.05, 0) is 25.0 Å². The highest BCUT2D eigenvalue weighted by atomic mass is 35.7. The number of aryl methyl sites for hydroxylation is 1. The first kappa shape index (κ1) is 11.7. The predicted molar refractivity (Wildman–Crippen MR) is 65.6 cm³/mol. The highest BCUT2D eigenvalue weighted by molar-refractivity contribution is 8.13. The van der Waals surface area contributed by atoms with Crippen molar-refractivity contribution in [2.75, 3.05) is 0 Å². The minimum Gasteiger partial charge on any atom is -0.356 e. The van der Waals surface area contributed by atoms with Crippen molar-refractivity contribution >= 4 is 19.7 Å². The fourth-order valence-corrected chi connectivity index (χ4v) is 3.04. The molecule has 0 aromatic carbocycles. The topological polar surface area (TPSA) is 73.1 Å². The molecule has 0 atom stereocenters. The number of fused-ring (bicyclic) bond motifs is 3. The third kappa shape index (κ3) is 2.02. The maximum atomic E-state index is 11.1. The van der Waals surface area contributed by atoms with Crippen LogP contribution in [0.3, 0.4) is 0 Å². The van der Waals surface area contributed by atoms with Gasteiger partial charge in [0.15, 0.2) is 5.76 Å². The van der Waals surface area contributed by atoms with Crippen LogP contribution >= 0.6 is 10.7 Å². The summed E-state index contributed by atoms with van der Waals surface area (Å²) in [4.78, 5) is 4.27. The van der Waals surface area contributed by atoms with Gasteiger partial charge in [-0.25, -0.2) is 8.42 Å². The van der Waals surface area contributed by atoms with Gasteiger partial charge in [0.1, 0.15) is 11.4 Å². The molecular weight excluding hydrogens is 276 g/mol. The summed E-state index contributed by atoms with van der Waals surface area (Å²) in [6.45, 7) is 0. The summed E-state index contributed by atoms with van der Waals surface area (Å²) >= 11 is 0. The Morgan fingerprint density at radius 1 is 1.39 bits per heavy atom. The third-order valence-corrected chi connectivity index (χ3v) is 3.87. The summed E-state index contributed by atoms with van der Waals surface area (Å²) < 4.78 is 27.4. The van der Waals surface area contributed by atoms with E-state index in [-0.39, 0.29) is 5.75 Å². The van der Waals surface area contributed by atoms with Gasteiger partial charge in [0.05, 0.1) is 5.69 Å². The number of aromatic nitrogens is 2. The van der Waals surface area contributed by atoms with Crippen LogP contribution in [0.25, 0.3) is 11.3 Å². The normalized spacial score (nSPS) is 14.1. The molecule has 0 amide bonds. The molecule has 0 aliphatic heterocycles. The smallest absolute Gasteiger partial charge is 0.238 e. The van der Waals surface area contributed by atoms with Crippen molar-refractivity contribution in [3.05, 3.63) is 35.3 Å². The molecule has 7 heteroatoms. The Labute approximate surface area is 108 Å². The molecule has 2 aromatic heterocycles. The monoisotopic (exact) mass is 284 g/mol. The average Bonchev–Trinajstić information content (AvgIpc) is 2.71. The van der Waals surface area contributed by atoms with Crippen LogP contribution in [0, 0.1) is 0 Å². The highest BCUT2D eigenvalue weighted by Crippen LogP contribution is 2.34. The average molecular weight is 285 g/mol. The summed E-state index contributed by atoms with van der Waals surface area (Å²) in [6, 6.07) is 3.71.